The molecule has 0 amide bonds. The lowest BCUT2D eigenvalue weighted by molar-refractivity contribution is 0.589. The minimum absolute atomic E-state index is 0.00359. The molecule has 0 bridgehead atoms. The van der Waals surface area contributed by atoms with Gasteiger partial charge in [-0.05, 0) is 19.1 Å². The van der Waals surface area contributed by atoms with Crippen molar-refractivity contribution in [2.45, 2.75) is 6.92 Å². The van der Waals surface area contributed by atoms with Gasteiger partial charge in [-0.3, -0.25) is 0 Å². The Hall–Kier alpha value is -1.96. The number of hydrogen-bond acceptors (Lipinski definition) is 5. The molecule has 0 fully saturated rings. The highest BCUT2D eigenvalue weighted by Crippen LogP contribution is 2.27. The Morgan fingerprint density at radius 1 is 1.15 bits per heavy atom. The number of halogens is 3. The van der Waals surface area contributed by atoms with Crippen molar-refractivity contribution < 1.29 is 8.78 Å². The van der Waals surface area contributed by atoms with E-state index in [9.17, 15) is 8.78 Å². The molecule has 0 saturated heterocycles. The maximum atomic E-state index is 13.7. The van der Waals surface area contributed by atoms with Crippen LogP contribution in [0.15, 0.2) is 22.7 Å². The number of nitrogens with zero attached hydrogens (tertiary/aromatic N) is 2. The summed E-state index contributed by atoms with van der Waals surface area (Å²) in [5.41, 5.74) is 5.25. The molecule has 2 aromatic rings. The van der Waals surface area contributed by atoms with E-state index in [1.54, 1.807) is 0 Å². The van der Waals surface area contributed by atoms with Gasteiger partial charge >= 0.3 is 0 Å². The lowest BCUT2D eigenvalue weighted by Crippen LogP contribution is -2.07. The van der Waals surface area contributed by atoms with Gasteiger partial charge in [-0.2, -0.15) is 9.97 Å². The summed E-state index contributed by atoms with van der Waals surface area (Å²) < 4.78 is 27.8. The second-order valence-electron chi connectivity index (χ2n) is 3.90. The average molecular weight is 344 g/mol. The summed E-state index contributed by atoms with van der Waals surface area (Å²) in [6.07, 6.45) is 0. The van der Waals surface area contributed by atoms with Crippen LogP contribution in [-0.2, 0) is 0 Å². The molecule has 0 aliphatic rings. The maximum absolute atomic E-state index is 13.7. The van der Waals surface area contributed by atoms with Crippen molar-refractivity contribution in [2.75, 3.05) is 22.9 Å². The van der Waals surface area contributed by atoms with E-state index >= 15 is 0 Å². The van der Waals surface area contributed by atoms with Crippen LogP contribution in [0.3, 0.4) is 0 Å². The Bertz CT molecular complexity index is 612. The van der Waals surface area contributed by atoms with Gasteiger partial charge in [-0.15, -0.1) is 0 Å². The van der Waals surface area contributed by atoms with Crippen LogP contribution in [0.4, 0.5) is 32.1 Å². The molecule has 0 radical (unpaired) electrons. The number of benzene rings is 1. The lowest BCUT2D eigenvalue weighted by atomic mass is 10.3. The summed E-state index contributed by atoms with van der Waals surface area (Å²) in [5, 5.41) is 5.51. The first kappa shape index (κ1) is 14.4. The quantitative estimate of drug-likeness (QED) is 0.794. The highest BCUT2D eigenvalue weighted by molar-refractivity contribution is 9.10. The third-order valence-corrected chi connectivity index (χ3v) is 2.82. The predicted molar refractivity (Wildman–Crippen MR) is 77.9 cm³/mol. The minimum Gasteiger partial charge on any atom is -0.370 e. The van der Waals surface area contributed by atoms with Crippen molar-refractivity contribution in [1.82, 2.24) is 9.97 Å². The molecule has 0 saturated carbocycles. The Morgan fingerprint density at radius 3 is 2.35 bits per heavy atom. The van der Waals surface area contributed by atoms with E-state index in [0.717, 1.165) is 12.1 Å². The largest absolute Gasteiger partial charge is 0.370 e. The van der Waals surface area contributed by atoms with E-state index in [4.69, 9.17) is 5.73 Å². The van der Waals surface area contributed by atoms with Crippen molar-refractivity contribution in [3.8, 4) is 0 Å². The van der Waals surface area contributed by atoms with Crippen LogP contribution in [0.2, 0.25) is 0 Å². The van der Waals surface area contributed by atoms with Crippen LogP contribution in [0, 0.1) is 11.6 Å². The topological polar surface area (TPSA) is 75.9 Å². The molecule has 0 aliphatic carbocycles. The molecule has 0 atom stereocenters. The van der Waals surface area contributed by atoms with Gasteiger partial charge in [0.25, 0.3) is 0 Å². The van der Waals surface area contributed by atoms with Crippen molar-refractivity contribution >= 4 is 39.2 Å². The number of nitrogens with one attached hydrogen (secondary N) is 2. The van der Waals surface area contributed by atoms with Crippen molar-refractivity contribution in [1.29, 1.82) is 0 Å². The van der Waals surface area contributed by atoms with Gasteiger partial charge in [-0.25, -0.2) is 8.78 Å². The second kappa shape index (κ2) is 6.00. The van der Waals surface area contributed by atoms with Gasteiger partial charge < -0.3 is 16.4 Å². The van der Waals surface area contributed by atoms with E-state index in [0.29, 0.717) is 16.8 Å². The van der Waals surface area contributed by atoms with Gasteiger partial charge in [0.05, 0.1) is 0 Å². The molecule has 5 nitrogen and oxygen atoms in total. The molecule has 1 aromatic carbocycles. The summed E-state index contributed by atoms with van der Waals surface area (Å²) in [4.78, 5) is 7.83. The fourth-order valence-corrected chi connectivity index (χ4v) is 1.99. The summed E-state index contributed by atoms with van der Waals surface area (Å²) >= 11 is 3.01. The Balaban J connectivity index is 2.35. The molecule has 2 rings (SSSR count). The molecular formula is C12H12BrF2N5. The maximum Gasteiger partial charge on any atom is 0.223 e. The third kappa shape index (κ3) is 3.32. The Kier molecular flexibility index (Phi) is 4.33. The normalized spacial score (nSPS) is 10.4. The first-order valence-electron chi connectivity index (χ1n) is 5.79. The fourth-order valence-electron chi connectivity index (χ4n) is 1.59. The van der Waals surface area contributed by atoms with Crippen LogP contribution in [0.1, 0.15) is 6.92 Å². The van der Waals surface area contributed by atoms with Crippen LogP contribution in [0.25, 0.3) is 0 Å². The first-order chi connectivity index (χ1) is 9.49. The molecule has 8 heteroatoms. The molecular weight excluding hydrogens is 332 g/mol. The highest BCUT2D eigenvalue weighted by Gasteiger charge is 2.12. The van der Waals surface area contributed by atoms with Crippen LogP contribution in [-0.4, -0.2) is 16.5 Å². The van der Waals surface area contributed by atoms with E-state index < -0.39 is 11.6 Å². The SMILES string of the molecule is CCNc1cc(Nc2c(F)cc(Br)cc2F)nc(N)n1. The zero-order chi connectivity index (χ0) is 14.7. The Morgan fingerprint density at radius 2 is 1.75 bits per heavy atom. The average Bonchev–Trinajstić information content (AvgIpc) is 2.33. The summed E-state index contributed by atoms with van der Waals surface area (Å²) in [6, 6.07) is 3.82. The minimum atomic E-state index is -0.737. The molecule has 20 heavy (non-hydrogen) atoms. The standard InChI is InChI=1S/C12H12BrF2N5/c1-2-17-9-5-10(20-12(16)19-9)18-11-7(14)3-6(13)4-8(11)15/h3-5H,2H2,1H3,(H4,16,17,18,19,20). The second-order valence-corrected chi connectivity index (χ2v) is 4.81. The smallest absolute Gasteiger partial charge is 0.223 e. The van der Waals surface area contributed by atoms with E-state index in [1.807, 2.05) is 6.92 Å². The van der Waals surface area contributed by atoms with Gasteiger partial charge in [-0.1, -0.05) is 15.9 Å². The first-order valence-corrected chi connectivity index (χ1v) is 6.59. The highest BCUT2D eigenvalue weighted by atomic mass is 79.9. The van der Waals surface area contributed by atoms with Crippen molar-refractivity contribution in [2.24, 2.45) is 0 Å². The molecule has 1 heterocycles. The van der Waals surface area contributed by atoms with Gasteiger partial charge in [0.2, 0.25) is 5.95 Å². The predicted octanol–water partition coefficient (Wildman–Crippen LogP) is 3.27. The molecule has 0 aliphatic heterocycles. The van der Waals surface area contributed by atoms with Crippen molar-refractivity contribution in [3.63, 3.8) is 0 Å². The van der Waals surface area contributed by atoms with Crippen LogP contribution >= 0.6 is 15.9 Å². The molecule has 106 valence electrons. The number of anilines is 4. The molecule has 1 aromatic heterocycles. The number of hydrogen-bond donors (Lipinski definition) is 3. The summed E-state index contributed by atoms with van der Waals surface area (Å²) in [5.74, 6) is -0.795. The van der Waals surface area contributed by atoms with Gasteiger partial charge in [0, 0.05) is 17.1 Å². The lowest BCUT2D eigenvalue weighted by Gasteiger charge is -2.10. The van der Waals surface area contributed by atoms with E-state index in [2.05, 4.69) is 36.5 Å². The van der Waals surface area contributed by atoms with Gasteiger partial charge in [0.15, 0.2) is 11.6 Å². The number of nitrogen functional groups attached to an aromatic ring is 1. The molecule has 0 unspecified atom stereocenters. The monoisotopic (exact) mass is 343 g/mol. The third-order valence-electron chi connectivity index (χ3n) is 2.36. The van der Waals surface area contributed by atoms with Crippen molar-refractivity contribution in [3.05, 3.63) is 34.3 Å². The van der Waals surface area contributed by atoms with E-state index in [1.165, 1.54) is 6.07 Å². The van der Waals surface area contributed by atoms with Gasteiger partial charge in [0.1, 0.15) is 17.3 Å². The summed E-state index contributed by atoms with van der Waals surface area (Å²) in [6.45, 7) is 2.52. The zero-order valence-electron chi connectivity index (χ0n) is 10.5. The molecule has 0 spiro atoms. The number of aromatic nitrogens is 2. The van der Waals surface area contributed by atoms with Crippen LogP contribution < -0.4 is 16.4 Å². The fraction of sp³-hybridized carbons (Fsp3) is 0.167. The van der Waals surface area contributed by atoms with E-state index in [-0.39, 0.29) is 17.5 Å². The van der Waals surface area contributed by atoms with Crippen LogP contribution in [0.5, 0.6) is 0 Å². The zero-order valence-corrected chi connectivity index (χ0v) is 12.1. The summed E-state index contributed by atoms with van der Waals surface area (Å²) in [7, 11) is 0. The number of nitrogens with two attached hydrogens (primary N) is 1. The molecule has 4 N–H and O–H groups in total. The number of rotatable bonds is 4. The Labute approximate surface area is 122 Å².